The first kappa shape index (κ1) is 20.7. The maximum absolute atomic E-state index is 12.8. The largest absolute Gasteiger partial charge is 0.416 e. The fraction of sp³-hybridized carbons (Fsp3) is 0.235. The molecule has 1 amide bonds. The van der Waals surface area contributed by atoms with Gasteiger partial charge in [-0.25, -0.2) is 0 Å². The third kappa shape index (κ3) is 5.69. The van der Waals surface area contributed by atoms with Crippen molar-refractivity contribution in [3.05, 3.63) is 65.2 Å². The monoisotopic (exact) mass is 424 g/mol. The molecule has 140 valence electrons. The number of benzene rings is 2. The summed E-state index contributed by atoms with van der Waals surface area (Å²) in [4.78, 5) is 12.4. The summed E-state index contributed by atoms with van der Waals surface area (Å²) in [5, 5.41) is 5.10. The van der Waals surface area contributed by atoms with Gasteiger partial charge in [-0.1, -0.05) is 58.6 Å². The fourth-order valence-corrected chi connectivity index (χ4v) is 2.48. The molecule has 1 atom stereocenters. The van der Waals surface area contributed by atoms with E-state index in [1.165, 1.54) is 12.1 Å². The summed E-state index contributed by atoms with van der Waals surface area (Å²) in [5.41, 5.74) is 0.361. The molecule has 0 saturated heterocycles. The summed E-state index contributed by atoms with van der Waals surface area (Å²) in [7, 11) is 0. The van der Waals surface area contributed by atoms with E-state index < -0.39 is 27.6 Å². The molecule has 0 heterocycles. The molecule has 9 heteroatoms. The maximum Gasteiger partial charge on any atom is 0.416 e. The molecule has 3 nitrogen and oxygen atoms in total. The van der Waals surface area contributed by atoms with Gasteiger partial charge in [0, 0.05) is 11.3 Å². The number of rotatable bonds is 4. The minimum atomic E-state index is -4.52. The quantitative estimate of drug-likeness (QED) is 0.498. The summed E-state index contributed by atoms with van der Waals surface area (Å²) in [6.45, 7) is 1.81. The topological polar surface area (TPSA) is 41.1 Å². The highest BCUT2D eigenvalue weighted by molar-refractivity contribution is 6.68. The van der Waals surface area contributed by atoms with Gasteiger partial charge in [-0.15, -0.1) is 0 Å². The molecule has 0 fully saturated rings. The Morgan fingerprint density at radius 3 is 2.27 bits per heavy atom. The zero-order chi connectivity index (χ0) is 19.5. The molecule has 1 unspecified atom stereocenters. The number of alkyl halides is 6. The van der Waals surface area contributed by atoms with E-state index in [-0.39, 0.29) is 5.69 Å². The van der Waals surface area contributed by atoms with Crippen LogP contribution in [0.1, 0.15) is 21.5 Å². The number of anilines is 1. The van der Waals surface area contributed by atoms with E-state index >= 15 is 0 Å². The van der Waals surface area contributed by atoms with Gasteiger partial charge < -0.3 is 10.6 Å². The van der Waals surface area contributed by atoms with Crippen LogP contribution in [-0.4, -0.2) is 15.9 Å². The molecule has 0 radical (unpaired) electrons. The molecule has 0 aliphatic rings. The number of halogens is 6. The lowest BCUT2D eigenvalue weighted by Crippen LogP contribution is -2.49. The second kappa shape index (κ2) is 7.94. The van der Waals surface area contributed by atoms with E-state index in [2.05, 4.69) is 10.6 Å². The van der Waals surface area contributed by atoms with Crippen molar-refractivity contribution < 1.29 is 18.0 Å². The Morgan fingerprint density at radius 2 is 1.69 bits per heavy atom. The van der Waals surface area contributed by atoms with Crippen molar-refractivity contribution in [1.82, 2.24) is 5.32 Å². The van der Waals surface area contributed by atoms with E-state index in [4.69, 9.17) is 34.8 Å². The van der Waals surface area contributed by atoms with Crippen molar-refractivity contribution in [2.75, 3.05) is 5.32 Å². The van der Waals surface area contributed by atoms with Crippen molar-refractivity contribution >= 4 is 46.4 Å². The molecule has 0 saturated carbocycles. The molecular formula is C17H14Cl3F3N2O. The molecule has 0 spiro atoms. The molecule has 2 N–H and O–H groups in total. The van der Waals surface area contributed by atoms with Gasteiger partial charge in [0.05, 0.1) is 5.56 Å². The molecule has 26 heavy (non-hydrogen) atoms. The van der Waals surface area contributed by atoms with Crippen LogP contribution >= 0.6 is 34.8 Å². The van der Waals surface area contributed by atoms with Crippen LogP contribution in [0.15, 0.2) is 48.5 Å². The molecular weight excluding hydrogens is 412 g/mol. The lowest BCUT2D eigenvalue weighted by atomic mass is 10.1. The van der Waals surface area contributed by atoms with Crippen LogP contribution in [0.3, 0.4) is 0 Å². The van der Waals surface area contributed by atoms with Gasteiger partial charge in [0.1, 0.15) is 6.17 Å². The van der Waals surface area contributed by atoms with Crippen molar-refractivity contribution in [3.8, 4) is 0 Å². The zero-order valence-electron chi connectivity index (χ0n) is 13.4. The van der Waals surface area contributed by atoms with E-state index in [0.717, 1.165) is 17.7 Å². The SMILES string of the molecule is Cc1cccc(C(=O)NC(Nc2cccc(C(F)(F)F)c2)C(Cl)(Cl)Cl)c1. The summed E-state index contributed by atoms with van der Waals surface area (Å²) < 4.78 is 36.5. The van der Waals surface area contributed by atoms with Gasteiger partial charge in [0.2, 0.25) is 3.79 Å². The molecule has 0 bridgehead atoms. The normalized spacial score (nSPS) is 13.2. The van der Waals surface area contributed by atoms with Gasteiger partial charge in [-0.3, -0.25) is 4.79 Å². The van der Waals surface area contributed by atoms with E-state index in [1.807, 2.05) is 13.0 Å². The van der Waals surface area contributed by atoms with Crippen LogP contribution in [-0.2, 0) is 6.18 Å². The fourth-order valence-electron chi connectivity index (χ4n) is 2.15. The maximum atomic E-state index is 12.8. The van der Waals surface area contributed by atoms with Crippen molar-refractivity contribution in [3.63, 3.8) is 0 Å². The van der Waals surface area contributed by atoms with E-state index in [0.29, 0.717) is 5.56 Å². The predicted molar refractivity (Wildman–Crippen MR) is 97.8 cm³/mol. The minimum absolute atomic E-state index is 0.0423. The first-order valence-electron chi connectivity index (χ1n) is 7.35. The Labute approximate surface area is 163 Å². The van der Waals surface area contributed by atoms with Crippen LogP contribution in [0.2, 0.25) is 0 Å². The average Bonchev–Trinajstić information content (AvgIpc) is 2.53. The Bertz CT molecular complexity index is 791. The summed E-state index contributed by atoms with van der Waals surface area (Å²) in [5.74, 6) is -0.537. The Hall–Kier alpha value is -1.63. The van der Waals surface area contributed by atoms with Crippen LogP contribution in [0.4, 0.5) is 18.9 Å². The Morgan fingerprint density at radius 1 is 1.04 bits per heavy atom. The van der Waals surface area contributed by atoms with Gasteiger partial charge in [0.15, 0.2) is 0 Å². The molecule has 0 aromatic heterocycles. The third-order valence-electron chi connectivity index (χ3n) is 3.38. The summed E-state index contributed by atoms with van der Waals surface area (Å²) in [6.07, 6.45) is -5.78. The highest BCUT2D eigenvalue weighted by atomic mass is 35.6. The lowest BCUT2D eigenvalue weighted by Gasteiger charge is -2.27. The molecule has 0 aliphatic heterocycles. The third-order valence-corrected chi connectivity index (χ3v) is 4.04. The average molecular weight is 426 g/mol. The highest BCUT2D eigenvalue weighted by Gasteiger charge is 2.35. The first-order valence-corrected chi connectivity index (χ1v) is 8.48. The number of carbonyl (C=O) groups is 1. The summed E-state index contributed by atoms with van der Waals surface area (Å²) in [6, 6.07) is 11.1. The van der Waals surface area contributed by atoms with Crippen LogP contribution < -0.4 is 10.6 Å². The number of carbonyl (C=O) groups excluding carboxylic acids is 1. The van der Waals surface area contributed by atoms with Crippen molar-refractivity contribution in [1.29, 1.82) is 0 Å². The second-order valence-electron chi connectivity index (χ2n) is 5.54. The van der Waals surface area contributed by atoms with Crippen LogP contribution in [0.25, 0.3) is 0 Å². The molecule has 0 aliphatic carbocycles. The van der Waals surface area contributed by atoms with Crippen molar-refractivity contribution in [2.24, 2.45) is 0 Å². The Kier molecular flexibility index (Phi) is 6.32. The predicted octanol–water partition coefficient (Wildman–Crippen LogP) is 5.55. The number of hydrogen-bond donors (Lipinski definition) is 2. The number of amides is 1. The minimum Gasteiger partial charge on any atom is -0.362 e. The Balaban J connectivity index is 2.22. The van der Waals surface area contributed by atoms with Gasteiger partial charge in [0.25, 0.3) is 5.91 Å². The zero-order valence-corrected chi connectivity index (χ0v) is 15.6. The van der Waals surface area contributed by atoms with Gasteiger partial charge in [-0.2, -0.15) is 13.2 Å². The van der Waals surface area contributed by atoms with Gasteiger partial charge in [-0.05, 0) is 37.3 Å². The number of aryl methyl sites for hydroxylation is 1. The smallest absolute Gasteiger partial charge is 0.362 e. The van der Waals surface area contributed by atoms with Crippen molar-refractivity contribution in [2.45, 2.75) is 23.1 Å². The molecule has 2 rings (SSSR count). The molecule has 2 aromatic rings. The van der Waals surface area contributed by atoms with E-state index in [9.17, 15) is 18.0 Å². The molecule has 2 aromatic carbocycles. The standard InChI is InChI=1S/C17H14Cl3F3N2O/c1-10-4-2-5-11(8-10)14(26)25-15(16(18,19)20)24-13-7-3-6-12(9-13)17(21,22)23/h2-9,15,24H,1H3,(H,25,26). The number of nitrogens with one attached hydrogen (secondary N) is 2. The van der Waals surface area contributed by atoms with Gasteiger partial charge >= 0.3 is 6.18 Å². The van der Waals surface area contributed by atoms with E-state index in [1.54, 1.807) is 18.2 Å². The second-order valence-corrected chi connectivity index (χ2v) is 7.91. The van der Waals surface area contributed by atoms with Crippen LogP contribution in [0.5, 0.6) is 0 Å². The number of hydrogen-bond acceptors (Lipinski definition) is 2. The lowest BCUT2D eigenvalue weighted by molar-refractivity contribution is -0.137. The first-order chi connectivity index (χ1) is 12.0. The summed E-state index contributed by atoms with van der Waals surface area (Å²) >= 11 is 17.6. The van der Waals surface area contributed by atoms with Crippen LogP contribution in [0, 0.1) is 6.92 Å². The highest BCUT2D eigenvalue weighted by Crippen LogP contribution is 2.34.